The van der Waals surface area contributed by atoms with Crippen LogP contribution in [0.1, 0.15) is 13.3 Å². The zero-order chi connectivity index (χ0) is 13.1. The van der Waals surface area contributed by atoms with Crippen molar-refractivity contribution in [2.24, 2.45) is 5.92 Å². The van der Waals surface area contributed by atoms with E-state index in [0.717, 1.165) is 0 Å². The van der Waals surface area contributed by atoms with Gasteiger partial charge < -0.3 is 0 Å². The van der Waals surface area contributed by atoms with Crippen molar-refractivity contribution in [3.8, 4) is 11.1 Å². The summed E-state index contributed by atoms with van der Waals surface area (Å²) in [6.45, 7) is 2.27. The van der Waals surface area contributed by atoms with Crippen LogP contribution in [-0.2, 0) is 0 Å². The third-order valence-corrected chi connectivity index (χ3v) is 4.88. The minimum absolute atomic E-state index is 0.664. The first-order chi connectivity index (χ1) is 9.31. The molecule has 19 heavy (non-hydrogen) atoms. The average molecular weight is 284 g/mol. The Morgan fingerprint density at radius 1 is 1.11 bits per heavy atom. The SMILES string of the molecule is CC1C=C(Sc2ccc(-c3ccsc3)cc2)C=CC1. The summed E-state index contributed by atoms with van der Waals surface area (Å²) in [7, 11) is 0. The van der Waals surface area contributed by atoms with Crippen molar-refractivity contribution in [1.82, 2.24) is 0 Å². The van der Waals surface area contributed by atoms with E-state index >= 15 is 0 Å². The summed E-state index contributed by atoms with van der Waals surface area (Å²) in [5, 5.41) is 4.31. The number of rotatable bonds is 3. The molecular formula is C17H16S2. The predicted octanol–water partition coefficient (Wildman–Crippen LogP) is 5.99. The summed E-state index contributed by atoms with van der Waals surface area (Å²) in [5.41, 5.74) is 2.61. The van der Waals surface area contributed by atoms with Gasteiger partial charge in [-0.3, -0.25) is 0 Å². The lowest BCUT2D eigenvalue weighted by Gasteiger charge is -2.11. The molecule has 2 heteroatoms. The summed E-state index contributed by atoms with van der Waals surface area (Å²) in [5.74, 6) is 0.664. The first kappa shape index (κ1) is 12.8. The van der Waals surface area contributed by atoms with Crippen LogP contribution in [0.4, 0.5) is 0 Å². The van der Waals surface area contributed by atoms with Gasteiger partial charge in [0.25, 0.3) is 0 Å². The van der Waals surface area contributed by atoms with E-state index in [4.69, 9.17) is 0 Å². The first-order valence-corrected chi connectivity index (χ1v) is 8.26. The number of hydrogen-bond donors (Lipinski definition) is 0. The molecule has 1 aliphatic rings. The van der Waals surface area contributed by atoms with Gasteiger partial charge in [0.2, 0.25) is 0 Å². The summed E-state index contributed by atoms with van der Waals surface area (Å²) < 4.78 is 0. The Morgan fingerprint density at radius 2 is 1.95 bits per heavy atom. The standard InChI is InChI=1S/C17H16S2/c1-13-3-2-4-17(11-13)19-16-7-5-14(6-8-16)15-9-10-18-12-15/h2,4-13H,3H2,1H3. The van der Waals surface area contributed by atoms with Crippen LogP contribution in [0.2, 0.25) is 0 Å². The molecule has 1 unspecified atom stereocenters. The van der Waals surface area contributed by atoms with Crippen molar-refractivity contribution in [2.45, 2.75) is 18.2 Å². The summed E-state index contributed by atoms with van der Waals surface area (Å²) >= 11 is 3.60. The molecule has 1 heterocycles. The lowest BCUT2D eigenvalue weighted by Crippen LogP contribution is -1.92. The van der Waals surface area contributed by atoms with Gasteiger partial charge in [-0.1, -0.05) is 49.0 Å². The zero-order valence-electron chi connectivity index (χ0n) is 10.9. The Balaban J connectivity index is 1.75. The Hall–Kier alpha value is -1.25. The molecule has 0 amide bonds. The highest BCUT2D eigenvalue weighted by molar-refractivity contribution is 8.03. The van der Waals surface area contributed by atoms with E-state index in [0.29, 0.717) is 5.92 Å². The normalized spacial score (nSPS) is 18.4. The predicted molar refractivity (Wildman–Crippen MR) is 86.6 cm³/mol. The molecule has 1 aliphatic carbocycles. The molecule has 1 aromatic heterocycles. The van der Waals surface area contributed by atoms with Crippen LogP contribution in [0.5, 0.6) is 0 Å². The number of allylic oxidation sites excluding steroid dienone is 3. The summed E-state index contributed by atoms with van der Waals surface area (Å²) in [6.07, 6.45) is 8.03. The second-order valence-electron chi connectivity index (χ2n) is 4.82. The van der Waals surface area contributed by atoms with Gasteiger partial charge in [0.05, 0.1) is 0 Å². The maximum atomic E-state index is 2.36. The number of thiophene rings is 1. The van der Waals surface area contributed by atoms with E-state index in [1.54, 1.807) is 11.3 Å². The van der Waals surface area contributed by atoms with Gasteiger partial charge >= 0.3 is 0 Å². The smallest absolute Gasteiger partial charge is 0.0122 e. The van der Waals surface area contributed by atoms with Gasteiger partial charge in [0, 0.05) is 9.80 Å². The molecule has 0 radical (unpaired) electrons. The van der Waals surface area contributed by atoms with Gasteiger partial charge in [-0.15, -0.1) is 0 Å². The number of hydrogen-bond acceptors (Lipinski definition) is 2. The Kier molecular flexibility index (Phi) is 3.90. The number of thioether (sulfide) groups is 1. The van der Waals surface area contributed by atoms with Crippen LogP contribution in [0.25, 0.3) is 11.1 Å². The fourth-order valence-electron chi connectivity index (χ4n) is 2.15. The Morgan fingerprint density at radius 3 is 2.63 bits per heavy atom. The highest BCUT2D eigenvalue weighted by Gasteiger charge is 2.06. The highest BCUT2D eigenvalue weighted by atomic mass is 32.2. The van der Waals surface area contributed by atoms with E-state index in [2.05, 4.69) is 66.2 Å². The van der Waals surface area contributed by atoms with Crippen LogP contribution >= 0.6 is 23.1 Å². The molecule has 0 nitrogen and oxygen atoms in total. The molecule has 0 fully saturated rings. The molecule has 0 saturated carbocycles. The van der Waals surface area contributed by atoms with E-state index in [1.807, 2.05) is 11.8 Å². The maximum Gasteiger partial charge on any atom is 0.0122 e. The van der Waals surface area contributed by atoms with Crippen LogP contribution in [0.15, 0.2) is 69.1 Å². The van der Waals surface area contributed by atoms with Crippen molar-refractivity contribution in [3.05, 3.63) is 64.2 Å². The first-order valence-electron chi connectivity index (χ1n) is 6.50. The fourth-order valence-corrected chi connectivity index (χ4v) is 3.83. The van der Waals surface area contributed by atoms with Gasteiger partial charge in [0.15, 0.2) is 0 Å². The van der Waals surface area contributed by atoms with Crippen molar-refractivity contribution in [1.29, 1.82) is 0 Å². The second kappa shape index (κ2) is 5.81. The molecule has 1 aromatic carbocycles. The van der Waals surface area contributed by atoms with Gasteiger partial charge in [-0.05, 0) is 52.4 Å². The lowest BCUT2D eigenvalue weighted by atomic mass is 10.0. The summed E-state index contributed by atoms with van der Waals surface area (Å²) in [4.78, 5) is 2.67. The molecule has 2 aromatic rings. The topological polar surface area (TPSA) is 0 Å². The minimum atomic E-state index is 0.664. The monoisotopic (exact) mass is 284 g/mol. The Labute approximate surface area is 122 Å². The third kappa shape index (κ3) is 3.20. The average Bonchev–Trinajstić information content (AvgIpc) is 2.94. The number of benzene rings is 1. The van der Waals surface area contributed by atoms with Crippen LogP contribution < -0.4 is 0 Å². The maximum absolute atomic E-state index is 2.36. The van der Waals surface area contributed by atoms with Gasteiger partial charge in [-0.2, -0.15) is 11.3 Å². The van der Waals surface area contributed by atoms with E-state index in [-0.39, 0.29) is 0 Å². The molecular weight excluding hydrogens is 268 g/mol. The molecule has 0 aliphatic heterocycles. The zero-order valence-corrected chi connectivity index (χ0v) is 12.5. The molecule has 3 rings (SSSR count). The van der Waals surface area contributed by atoms with E-state index < -0.39 is 0 Å². The summed E-state index contributed by atoms with van der Waals surface area (Å²) in [6, 6.07) is 11.0. The fraction of sp³-hybridized carbons (Fsp3) is 0.176. The lowest BCUT2D eigenvalue weighted by molar-refractivity contribution is 0.735. The van der Waals surface area contributed by atoms with Gasteiger partial charge in [-0.25, -0.2) is 0 Å². The van der Waals surface area contributed by atoms with Gasteiger partial charge in [0.1, 0.15) is 0 Å². The second-order valence-corrected chi connectivity index (χ2v) is 6.75. The van der Waals surface area contributed by atoms with E-state index in [1.165, 1.54) is 27.3 Å². The van der Waals surface area contributed by atoms with Crippen LogP contribution in [0.3, 0.4) is 0 Å². The minimum Gasteiger partial charge on any atom is -0.152 e. The van der Waals surface area contributed by atoms with Crippen LogP contribution in [-0.4, -0.2) is 0 Å². The largest absolute Gasteiger partial charge is 0.152 e. The quantitative estimate of drug-likeness (QED) is 0.667. The third-order valence-electron chi connectivity index (χ3n) is 3.18. The Bertz CT molecular complexity index is 589. The molecule has 96 valence electrons. The van der Waals surface area contributed by atoms with Crippen molar-refractivity contribution >= 4 is 23.1 Å². The molecule has 1 atom stereocenters. The van der Waals surface area contributed by atoms with Crippen molar-refractivity contribution < 1.29 is 0 Å². The molecule has 0 N–H and O–H groups in total. The van der Waals surface area contributed by atoms with Crippen molar-refractivity contribution in [3.63, 3.8) is 0 Å². The molecule has 0 spiro atoms. The van der Waals surface area contributed by atoms with Crippen LogP contribution in [0, 0.1) is 5.92 Å². The highest BCUT2D eigenvalue weighted by Crippen LogP contribution is 2.33. The molecule has 0 saturated heterocycles. The van der Waals surface area contributed by atoms with E-state index in [9.17, 15) is 0 Å². The molecule has 0 bridgehead atoms. The van der Waals surface area contributed by atoms with Crippen molar-refractivity contribution in [2.75, 3.05) is 0 Å².